The Morgan fingerprint density at radius 2 is 1.34 bits per heavy atom. The number of aromatic nitrogens is 4. The second-order valence-electron chi connectivity index (χ2n) is 19.1. The molecule has 7 aromatic rings. The molecular weight excluding hydrogens is 1080 g/mol. The number of benzene rings is 3. The Bertz CT molecular complexity index is 3770. The molecule has 17 nitrogen and oxygen atoms in total. The van der Waals surface area contributed by atoms with Crippen LogP contribution in [0.3, 0.4) is 0 Å². The summed E-state index contributed by atoms with van der Waals surface area (Å²) in [4.78, 5) is 88.0. The zero-order valence-corrected chi connectivity index (χ0v) is 41.9. The first-order valence-corrected chi connectivity index (χ1v) is 24.3. The van der Waals surface area contributed by atoms with Crippen LogP contribution < -0.4 is 16.4 Å². The molecule has 1 saturated carbocycles. The van der Waals surface area contributed by atoms with Gasteiger partial charge in [0, 0.05) is 44.4 Å². The van der Waals surface area contributed by atoms with Gasteiger partial charge in [-0.05, 0) is 72.9 Å². The number of anilines is 1. The number of halogens is 7. The van der Waals surface area contributed by atoms with Crippen LogP contribution in [0.4, 0.5) is 32.0 Å². The molecule has 4 aromatic heterocycles. The van der Waals surface area contributed by atoms with Gasteiger partial charge in [0.2, 0.25) is 0 Å². The number of nitrogens with zero attached hydrogens (tertiary/aromatic N) is 7. The van der Waals surface area contributed by atoms with Crippen molar-refractivity contribution in [2.75, 3.05) is 38.6 Å². The summed E-state index contributed by atoms with van der Waals surface area (Å²) in [7, 11) is 1.39. The van der Waals surface area contributed by atoms with Gasteiger partial charge >= 0.3 is 5.97 Å². The van der Waals surface area contributed by atoms with Crippen LogP contribution in [0.25, 0.3) is 22.1 Å². The first kappa shape index (κ1) is 58.9. The number of pyridine rings is 4. The molecule has 0 saturated heterocycles. The third-order valence-corrected chi connectivity index (χ3v) is 13.9. The van der Waals surface area contributed by atoms with Gasteiger partial charge < -0.3 is 25.2 Å². The molecule has 6 heterocycles. The quantitative estimate of drug-likeness (QED) is 0.0556. The lowest BCUT2D eigenvalue weighted by Gasteiger charge is -2.24. The maximum absolute atomic E-state index is 15.7. The van der Waals surface area contributed by atoms with E-state index in [1.807, 2.05) is 0 Å². The molecule has 0 bridgehead atoms. The normalized spacial score (nSPS) is 14.6. The molecule has 1 fully saturated rings. The SMILES string of the molecule is C.C.CCOC(=O)c1c(O)c2ncc(Cc3ccc(F)cc3)c(Cl)c2n(CC(F)(F)CN2C(=O)c3ccccc3C2=O)c1=O.CN(CC1(C#N)CC1)C(=O)c1c(O)c2ncc(Cc3ccc(F)cc3)c3c2n(c1=O)CC(F)(F)CN3. The molecule has 1 aliphatic carbocycles. The summed E-state index contributed by atoms with van der Waals surface area (Å²) in [5.41, 5.74) is -3.67. The molecule has 0 radical (unpaired) electrons. The van der Waals surface area contributed by atoms with Crippen molar-refractivity contribution in [3.05, 3.63) is 167 Å². The lowest BCUT2D eigenvalue weighted by Crippen LogP contribution is -2.44. The molecule has 418 valence electrons. The fraction of sp³-hybridized carbons (Fsp3) is 0.304. The molecule has 3 N–H and O–H groups in total. The van der Waals surface area contributed by atoms with E-state index in [4.69, 9.17) is 16.3 Å². The third kappa shape index (κ3) is 11.2. The fourth-order valence-electron chi connectivity index (χ4n) is 9.38. The highest BCUT2D eigenvalue weighted by Crippen LogP contribution is 2.46. The zero-order valence-electron chi connectivity index (χ0n) is 41.2. The summed E-state index contributed by atoms with van der Waals surface area (Å²) in [6.07, 6.45) is 4.07. The number of hydrogen-bond donors (Lipinski definition) is 3. The van der Waals surface area contributed by atoms with E-state index in [2.05, 4.69) is 21.4 Å². The predicted molar refractivity (Wildman–Crippen MR) is 283 cm³/mol. The number of hydrogen-bond acceptors (Lipinski definition) is 13. The first-order chi connectivity index (χ1) is 37.0. The van der Waals surface area contributed by atoms with Gasteiger partial charge in [-0.1, -0.05) is 62.9 Å². The molecule has 2 aliphatic heterocycles. The van der Waals surface area contributed by atoms with E-state index >= 15 is 8.78 Å². The largest absolute Gasteiger partial charge is 0.505 e. The van der Waals surface area contributed by atoms with Crippen molar-refractivity contribution in [1.82, 2.24) is 28.9 Å². The van der Waals surface area contributed by atoms with Crippen LogP contribution >= 0.6 is 11.6 Å². The number of esters is 1. The number of aromatic hydroxyl groups is 2. The van der Waals surface area contributed by atoms with Crippen LogP contribution in [0.1, 0.15) is 98.3 Å². The lowest BCUT2D eigenvalue weighted by atomic mass is 10.0. The Morgan fingerprint density at radius 3 is 1.88 bits per heavy atom. The Morgan fingerprint density at radius 1 is 0.812 bits per heavy atom. The number of carbonyl (C=O) groups excluding carboxylic acids is 4. The maximum atomic E-state index is 15.7. The van der Waals surface area contributed by atoms with Crippen LogP contribution in [-0.2, 0) is 30.7 Å². The fourth-order valence-corrected chi connectivity index (χ4v) is 9.68. The summed E-state index contributed by atoms with van der Waals surface area (Å²) >= 11 is 6.61. The number of nitrogens with one attached hydrogen (secondary N) is 1. The predicted octanol–water partition coefficient (Wildman–Crippen LogP) is 9.13. The van der Waals surface area contributed by atoms with Gasteiger partial charge in [-0.2, -0.15) is 5.26 Å². The second kappa shape index (κ2) is 22.5. The van der Waals surface area contributed by atoms with Gasteiger partial charge in [-0.25, -0.2) is 31.1 Å². The maximum Gasteiger partial charge on any atom is 0.347 e. The average molecular weight is 1130 g/mol. The van der Waals surface area contributed by atoms with Crippen molar-refractivity contribution in [2.45, 2.75) is 72.4 Å². The smallest absolute Gasteiger partial charge is 0.347 e. The van der Waals surface area contributed by atoms with Crippen LogP contribution in [0, 0.1) is 28.4 Å². The summed E-state index contributed by atoms with van der Waals surface area (Å²) in [5.74, 6) is -13.8. The molecule has 3 amide bonds. The molecule has 3 aliphatic rings. The van der Waals surface area contributed by atoms with Gasteiger partial charge in [-0.3, -0.25) is 48.0 Å². The summed E-state index contributed by atoms with van der Waals surface area (Å²) in [5, 5.41) is 33.6. The van der Waals surface area contributed by atoms with Crippen molar-refractivity contribution in [3.8, 4) is 17.6 Å². The monoisotopic (exact) mass is 1130 g/mol. The van der Waals surface area contributed by atoms with Crippen molar-refractivity contribution in [2.24, 2.45) is 5.41 Å². The van der Waals surface area contributed by atoms with Gasteiger partial charge in [0.1, 0.15) is 28.2 Å². The molecule has 80 heavy (non-hydrogen) atoms. The number of rotatable bonds is 13. The number of nitriles is 1. The molecule has 10 rings (SSSR count). The van der Waals surface area contributed by atoms with E-state index in [1.165, 1.54) is 87.0 Å². The molecule has 0 atom stereocenters. The summed E-state index contributed by atoms with van der Waals surface area (Å²) in [6.45, 7) is -3.31. The van der Waals surface area contributed by atoms with E-state index < -0.39 is 124 Å². The lowest BCUT2D eigenvalue weighted by molar-refractivity contribution is -0.0359. The topological polar surface area (TPSA) is 230 Å². The number of alkyl halides is 4. The van der Waals surface area contributed by atoms with E-state index in [1.54, 1.807) is 12.1 Å². The third-order valence-electron chi connectivity index (χ3n) is 13.4. The van der Waals surface area contributed by atoms with Crippen LogP contribution in [0.15, 0.2) is 94.8 Å². The van der Waals surface area contributed by atoms with E-state index in [9.17, 15) is 61.8 Å². The van der Waals surface area contributed by atoms with Gasteiger partial charge in [0.15, 0.2) is 17.1 Å². The second-order valence-corrected chi connectivity index (χ2v) is 19.4. The minimum atomic E-state index is -3.91. The molecule has 3 aromatic carbocycles. The van der Waals surface area contributed by atoms with E-state index in [-0.39, 0.29) is 79.3 Å². The van der Waals surface area contributed by atoms with E-state index in [0.717, 1.165) is 9.47 Å². The number of imide groups is 1. The highest BCUT2D eigenvalue weighted by molar-refractivity contribution is 6.36. The van der Waals surface area contributed by atoms with Crippen LogP contribution in [0.5, 0.6) is 11.5 Å². The van der Waals surface area contributed by atoms with Gasteiger partial charge in [0.05, 0.1) is 77.1 Å². The highest BCUT2D eigenvalue weighted by atomic mass is 35.5. The van der Waals surface area contributed by atoms with Gasteiger partial charge in [0.25, 0.3) is 40.7 Å². The van der Waals surface area contributed by atoms with Crippen LogP contribution in [-0.4, -0.2) is 108 Å². The summed E-state index contributed by atoms with van der Waals surface area (Å²) < 4.78 is 93.6. The summed E-state index contributed by atoms with van der Waals surface area (Å²) in [6, 6.07) is 18.8. The minimum absolute atomic E-state index is 0. The Labute approximate surface area is 457 Å². The molecule has 24 heteroatoms. The van der Waals surface area contributed by atoms with Gasteiger partial charge in [-0.15, -0.1) is 0 Å². The number of carbonyl (C=O) groups is 4. The highest BCUT2D eigenvalue weighted by Gasteiger charge is 2.46. The minimum Gasteiger partial charge on any atom is -0.505 e. The zero-order chi connectivity index (χ0) is 56.2. The number of amides is 3. The Balaban J connectivity index is 0.000000228. The van der Waals surface area contributed by atoms with Crippen LogP contribution in [0.2, 0.25) is 5.02 Å². The van der Waals surface area contributed by atoms with E-state index in [0.29, 0.717) is 39.0 Å². The number of fused-ring (bicyclic) bond motifs is 2. The van der Waals surface area contributed by atoms with Crippen molar-refractivity contribution in [3.63, 3.8) is 0 Å². The molecule has 0 spiro atoms. The average Bonchev–Trinajstić information content (AvgIpc) is 4.28. The Hall–Kier alpha value is -8.78. The van der Waals surface area contributed by atoms with Crippen molar-refractivity contribution < 1.29 is 60.5 Å². The number of ether oxygens (including phenoxy) is 1. The standard InChI is InChI=1S/C29H21ClF3N3O6.C25H22F3N5O3.2CH4/c1-2-42-28(41)20-24(37)22-23(21(30)16(12-34-22)11-15-7-9-17(31)10-8-15)35(27(20)40)13-29(32,33)14-36-25(38)18-5-3-4-6-19(18)26(36)39;1-32(12-24(10-29)6-7-24)22(35)17-21(34)19-20-18(31-11-25(27,28)13-33(20)23(17)36)15(9-30-19)8-14-2-4-16(26)5-3-14;;/h3-10,12,37H,2,11,13-14H2,1H3;2-5,9,31,34H,6-8,11-13H2,1H3;2*1H4. The van der Waals surface area contributed by atoms with Crippen molar-refractivity contribution in [1.29, 1.82) is 5.26 Å². The molecular formula is C56H51ClF6N8O9. The molecule has 0 unspecified atom stereocenters. The first-order valence-electron chi connectivity index (χ1n) is 23.9. The Kier molecular flexibility index (Phi) is 16.6. The van der Waals surface area contributed by atoms with Crippen molar-refractivity contribution >= 4 is 63.0 Å².